The average molecular weight is 320 g/mol. The number of para-hydroxylation sites is 1. The first-order valence-corrected chi connectivity index (χ1v) is 8.32. The second-order valence-electron chi connectivity index (χ2n) is 4.90. The Kier molecular flexibility index (Phi) is 3.40. The van der Waals surface area contributed by atoms with Gasteiger partial charge < -0.3 is 8.98 Å². The summed E-state index contributed by atoms with van der Waals surface area (Å²) in [6.07, 6.45) is 1.52. The molecule has 0 saturated carbocycles. The molecule has 3 rings (SSSR count). The maximum Gasteiger partial charge on any atom is 0.281 e. The number of sulfonamides is 1. The van der Waals surface area contributed by atoms with Crippen LogP contribution in [0.4, 0.5) is 5.69 Å². The van der Waals surface area contributed by atoms with Crippen LogP contribution < -0.4 is 4.72 Å². The fourth-order valence-corrected chi connectivity index (χ4v) is 3.34. The first-order chi connectivity index (χ1) is 10.4. The predicted octanol–water partition coefficient (Wildman–Crippen LogP) is 2.46. The van der Waals surface area contributed by atoms with Gasteiger partial charge in [0, 0.05) is 19.7 Å². The summed E-state index contributed by atoms with van der Waals surface area (Å²) in [5.41, 5.74) is 1.39. The maximum absolute atomic E-state index is 12.5. The molecular formula is C14H16N4O3S. The SMILES string of the molecule is CCn1cc(S(=O)(=O)Nc2cccc3oc(C)nc23)nc1C. The van der Waals surface area contributed by atoms with Crippen molar-refractivity contribution in [3.8, 4) is 0 Å². The highest BCUT2D eigenvalue weighted by molar-refractivity contribution is 7.92. The van der Waals surface area contributed by atoms with Crippen LogP contribution in [0, 0.1) is 13.8 Å². The van der Waals surface area contributed by atoms with Crippen molar-refractivity contribution in [2.24, 2.45) is 0 Å². The molecule has 0 unspecified atom stereocenters. The molecule has 0 amide bonds. The van der Waals surface area contributed by atoms with Crippen LogP contribution >= 0.6 is 0 Å². The summed E-state index contributed by atoms with van der Waals surface area (Å²) in [7, 11) is -3.77. The largest absolute Gasteiger partial charge is 0.441 e. The molecule has 7 nitrogen and oxygen atoms in total. The second-order valence-corrected chi connectivity index (χ2v) is 6.53. The molecule has 0 atom stereocenters. The van der Waals surface area contributed by atoms with Gasteiger partial charge in [-0.3, -0.25) is 4.72 Å². The summed E-state index contributed by atoms with van der Waals surface area (Å²) in [6.45, 7) is 6.07. The summed E-state index contributed by atoms with van der Waals surface area (Å²) < 4.78 is 34.7. The van der Waals surface area contributed by atoms with E-state index in [-0.39, 0.29) is 5.03 Å². The molecule has 0 bridgehead atoms. The summed E-state index contributed by atoms with van der Waals surface area (Å²) in [5.74, 6) is 1.13. The van der Waals surface area contributed by atoms with Crippen molar-refractivity contribution in [2.75, 3.05) is 4.72 Å². The number of fused-ring (bicyclic) bond motifs is 1. The van der Waals surface area contributed by atoms with Crippen molar-refractivity contribution < 1.29 is 12.8 Å². The van der Waals surface area contributed by atoms with Crippen LogP contribution in [0.1, 0.15) is 18.6 Å². The van der Waals surface area contributed by atoms with E-state index in [0.29, 0.717) is 35.0 Å². The number of nitrogens with zero attached hydrogens (tertiary/aromatic N) is 3. The molecule has 0 fully saturated rings. The van der Waals surface area contributed by atoms with Crippen LogP contribution in [0.2, 0.25) is 0 Å². The zero-order chi connectivity index (χ0) is 15.9. The Balaban J connectivity index is 2.02. The van der Waals surface area contributed by atoms with Crippen LogP contribution in [0.3, 0.4) is 0 Å². The first-order valence-electron chi connectivity index (χ1n) is 6.83. The van der Waals surface area contributed by atoms with Crippen LogP contribution in [0.25, 0.3) is 11.1 Å². The molecule has 0 aliphatic carbocycles. The number of imidazole rings is 1. The molecule has 2 heterocycles. The number of rotatable bonds is 4. The van der Waals surface area contributed by atoms with Gasteiger partial charge in [-0.15, -0.1) is 0 Å². The van der Waals surface area contributed by atoms with Gasteiger partial charge >= 0.3 is 0 Å². The van der Waals surface area contributed by atoms with E-state index in [4.69, 9.17) is 4.42 Å². The normalized spacial score (nSPS) is 12.0. The number of aromatic nitrogens is 3. The smallest absolute Gasteiger partial charge is 0.281 e. The zero-order valence-electron chi connectivity index (χ0n) is 12.5. The molecule has 0 spiro atoms. The predicted molar refractivity (Wildman–Crippen MR) is 82.2 cm³/mol. The molecule has 116 valence electrons. The van der Waals surface area contributed by atoms with Crippen molar-refractivity contribution in [2.45, 2.75) is 32.3 Å². The van der Waals surface area contributed by atoms with Crippen LogP contribution in [-0.2, 0) is 16.6 Å². The summed E-state index contributed by atoms with van der Waals surface area (Å²) in [6, 6.07) is 5.09. The number of anilines is 1. The van der Waals surface area contributed by atoms with Crippen molar-refractivity contribution in [1.29, 1.82) is 0 Å². The lowest BCUT2D eigenvalue weighted by molar-refractivity contribution is 0.561. The Morgan fingerprint density at radius 2 is 2.05 bits per heavy atom. The monoisotopic (exact) mass is 320 g/mol. The van der Waals surface area contributed by atoms with Gasteiger partial charge in [-0.2, -0.15) is 8.42 Å². The maximum atomic E-state index is 12.5. The lowest BCUT2D eigenvalue weighted by Gasteiger charge is -2.05. The van der Waals surface area contributed by atoms with E-state index >= 15 is 0 Å². The van der Waals surface area contributed by atoms with Crippen LogP contribution in [-0.4, -0.2) is 23.0 Å². The highest BCUT2D eigenvalue weighted by atomic mass is 32.2. The summed E-state index contributed by atoms with van der Waals surface area (Å²) in [4.78, 5) is 8.31. The van der Waals surface area contributed by atoms with Crippen molar-refractivity contribution in [3.05, 3.63) is 36.1 Å². The van der Waals surface area contributed by atoms with Crippen LogP contribution in [0.5, 0.6) is 0 Å². The minimum absolute atomic E-state index is 0.0101. The number of oxazole rings is 1. The van der Waals surface area contributed by atoms with E-state index in [0.717, 1.165) is 0 Å². The molecule has 0 aliphatic heterocycles. The zero-order valence-corrected chi connectivity index (χ0v) is 13.3. The highest BCUT2D eigenvalue weighted by Crippen LogP contribution is 2.25. The van der Waals surface area contributed by atoms with Gasteiger partial charge in [0.15, 0.2) is 16.5 Å². The van der Waals surface area contributed by atoms with Gasteiger partial charge in [0.05, 0.1) is 5.69 Å². The molecule has 3 aromatic rings. The van der Waals surface area contributed by atoms with E-state index < -0.39 is 10.0 Å². The Morgan fingerprint density at radius 1 is 1.27 bits per heavy atom. The lowest BCUT2D eigenvalue weighted by atomic mass is 10.3. The highest BCUT2D eigenvalue weighted by Gasteiger charge is 2.21. The number of nitrogens with one attached hydrogen (secondary N) is 1. The molecule has 8 heteroatoms. The standard InChI is InChI=1S/C14H16N4O3S/c1-4-18-8-13(15-9(18)2)22(19,20)17-11-6-5-7-12-14(11)16-10(3)21-12/h5-8,17H,4H2,1-3H3. The third kappa shape index (κ3) is 2.45. The number of benzene rings is 1. The molecule has 0 aliphatic rings. The molecular weight excluding hydrogens is 304 g/mol. The minimum atomic E-state index is -3.77. The second kappa shape index (κ2) is 5.13. The Morgan fingerprint density at radius 3 is 2.73 bits per heavy atom. The van der Waals surface area contributed by atoms with Crippen LogP contribution in [0.15, 0.2) is 33.8 Å². The van der Waals surface area contributed by atoms with Gasteiger partial charge in [-0.25, -0.2) is 9.97 Å². The van der Waals surface area contributed by atoms with Gasteiger partial charge in [0.1, 0.15) is 11.3 Å². The molecule has 0 saturated heterocycles. The third-order valence-electron chi connectivity index (χ3n) is 3.34. The molecule has 22 heavy (non-hydrogen) atoms. The van der Waals surface area contributed by atoms with Gasteiger partial charge in [0.25, 0.3) is 10.0 Å². The van der Waals surface area contributed by atoms with E-state index in [2.05, 4.69) is 14.7 Å². The van der Waals surface area contributed by atoms with E-state index in [1.54, 1.807) is 36.6 Å². The third-order valence-corrected chi connectivity index (χ3v) is 4.58. The molecule has 1 N–H and O–H groups in total. The Labute approximate surface area is 128 Å². The number of hydrogen-bond acceptors (Lipinski definition) is 5. The van der Waals surface area contributed by atoms with E-state index in [1.165, 1.54) is 6.20 Å². The lowest BCUT2D eigenvalue weighted by Crippen LogP contribution is -2.13. The topological polar surface area (TPSA) is 90.0 Å². The van der Waals surface area contributed by atoms with Crippen molar-refractivity contribution in [1.82, 2.24) is 14.5 Å². The fraction of sp³-hybridized carbons (Fsp3) is 0.286. The summed E-state index contributed by atoms with van der Waals surface area (Å²) >= 11 is 0. The van der Waals surface area contributed by atoms with Crippen molar-refractivity contribution >= 4 is 26.8 Å². The number of hydrogen-bond donors (Lipinski definition) is 1. The molecule has 1 aromatic carbocycles. The average Bonchev–Trinajstić information content (AvgIpc) is 3.01. The van der Waals surface area contributed by atoms with E-state index in [9.17, 15) is 8.42 Å². The Hall–Kier alpha value is -2.35. The Bertz CT molecular complexity index is 940. The molecule has 2 aromatic heterocycles. The fourth-order valence-electron chi connectivity index (χ4n) is 2.27. The van der Waals surface area contributed by atoms with E-state index in [1.807, 2.05) is 6.92 Å². The number of aryl methyl sites for hydroxylation is 3. The first kappa shape index (κ1) is 14.6. The minimum Gasteiger partial charge on any atom is -0.441 e. The summed E-state index contributed by atoms with van der Waals surface area (Å²) in [5, 5.41) is -0.0101. The van der Waals surface area contributed by atoms with Gasteiger partial charge in [0.2, 0.25) is 0 Å². The molecule has 0 radical (unpaired) electrons. The van der Waals surface area contributed by atoms with Crippen molar-refractivity contribution in [3.63, 3.8) is 0 Å². The quantitative estimate of drug-likeness (QED) is 0.797. The van der Waals surface area contributed by atoms with Gasteiger partial charge in [-0.1, -0.05) is 6.07 Å². The van der Waals surface area contributed by atoms with Gasteiger partial charge in [-0.05, 0) is 26.0 Å².